The summed E-state index contributed by atoms with van der Waals surface area (Å²) in [5.41, 5.74) is 1.52. The minimum atomic E-state index is -0.363. The van der Waals surface area contributed by atoms with Gasteiger partial charge in [-0.3, -0.25) is 9.59 Å². The number of carbonyl (C=O) groups is 2. The average molecular weight is 366 g/mol. The lowest BCUT2D eigenvalue weighted by atomic mass is 10.1. The summed E-state index contributed by atoms with van der Waals surface area (Å²) in [4.78, 5) is 26.1. The Morgan fingerprint density at radius 3 is 2.58 bits per heavy atom. The number of thiophene rings is 1. The molecule has 7 heteroatoms. The van der Waals surface area contributed by atoms with Crippen molar-refractivity contribution >= 4 is 34.8 Å². The van der Waals surface area contributed by atoms with Crippen LogP contribution < -0.4 is 10.6 Å². The maximum Gasteiger partial charge on any atom is 0.253 e. The Bertz CT molecular complexity index is 689. The van der Waals surface area contributed by atoms with Gasteiger partial charge in [0, 0.05) is 6.54 Å². The van der Waals surface area contributed by atoms with Gasteiger partial charge >= 0.3 is 0 Å². The van der Waals surface area contributed by atoms with Crippen molar-refractivity contribution in [2.75, 3.05) is 27.2 Å². The predicted octanol–water partition coefficient (Wildman–Crippen LogP) is 2.55. The third-order valence-corrected chi connectivity index (χ3v) is 4.60. The molecule has 2 aromatic rings. The lowest BCUT2D eigenvalue weighted by Crippen LogP contribution is -2.40. The molecule has 0 radical (unpaired) electrons. The highest BCUT2D eigenvalue weighted by Crippen LogP contribution is 2.19. The highest BCUT2D eigenvalue weighted by atomic mass is 35.5. The minimum absolute atomic E-state index is 0.0894. The molecular weight excluding hydrogens is 346 g/mol. The number of carbonyl (C=O) groups excluding carboxylic acids is 2. The summed E-state index contributed by atoms with van der Waals surface area (Å²) in [5, 5.41) is 9.87. The molecule has 1 unspecified atom stereocenters. The molecule has 0 fully saturated rings. The maximum atomic E-state index is 12.0. The molecule has 1 heterocycles. The number of nitrogens with one attached hydrogen (secondary N) is 2. The van der Waals surface area contributed by atoms with Crippen LogP contribution in [0.25, 0.3) is 0 Å². The molecular formula is C17H20ClN3O2S. The van der Waals surface area contributed by atoms with Gasteiger partial charge in [-0.2, -0.15) is 11.3 Å². The molecule has 5 nitrogen and oxygen atoms in total. The van der Waals surface area contributed by atoms with Gasteiger partial charge in [-0.1, -0.05) is 23.7 Å². The summed E-state index contributed by atoms with van der Waals surface area (Å²) in [6.07, 6.45) is 0. The van der Waals surface area contributed by atoms with E-state index in [0.29, 0.717) is 17.1 Å². The molecule has 2 N–H and O–H groups in total. The second kappa shape index (κ2) is 8.82. The number of benzene rings is 1. The van der Waals surface area contributed by atoms with E-state index >= 15 is 0 Å². The predicted molar refractivity (Wildman–Crippen MR) is 97.5 cm³/mol. The van der Waals surface area contributed by atoms with Gasteiger partial charge in [0.15, 0.2) is 0 Å². The largest absolute Gasteiger partial charge is 0.353 e. The molecule has 0 saturated carbocycles. The van der Waals surface area contributed by atoms with Crippen LogP contribution in [-0.2, 0) is 4.79 Å². The average Bonchev–Trinajstić information content (AvgIpc) is 3.07. The van der Waals surface area contributed by atoms with Crippen LogP contribution in [0, 0.1) is 0 Å². The number of rotatable bonds is 7. The second-order valence-electron chi connectivity index (χ2n) is 5.50. The van der Waals surface area contributed by atoms with E-state index in [1.165, 1.54) is 0 Å². The lowest BCUT2D eigenvalue weighted by molar-refractivity contribution is -0.120. The second-order valence-corrected chi connectivity index (χ2v) is 6.69. The van der Waals surface area contributed by atoms with Crippen LogP contribution in [0.2, 0.25) is 5.02 Å². The molecule has 24 heavy (non-hydrogen) atoms. The molecule has 1 atom stereocenters. The van der Waals surface area contributed by atoms with Gasteiger partial charge in [-0.15, -0.1) is 0 Å². The lowest BCUT2D eigenvalue weighted by Gasteiger charge is -2.24. The Hall–Kier alpha value is -1.89. The fourth-order valence-corrected chi connectivity index (χ4v) is 3.17. The zero-order chi connectivity index (χ0) is 17.5. The normalized spacial score (nSPS) is 12.0. The van der Waals surface area contributed by atoms with E-state index in [-0.39, 0.29) is 24.4 Å². The third kappa shape index (κ3) is 5.06. The summed E-state index contributed by atoms with van der Waals surface area (Å²) >= 11 is 7.59. The quantitative estimate of drug-likeness (QED) is 0.792. The van der Waals surface area contributed by atoms with E-state index in [9.17, 15) is 9.59 Å². The van der Waals surface area contributed by atoms with Crippen molar-refractivity contribution in [3.63, 3.8) is 0 Å². The van der Waals surface area contributed by atoms with Crippen molar-refractivity contribution in [2.24, 2.45) is 0 Å². The van der Waals surface area contributed by atoms with E-state index in [2.05, 4.69) is 16.0 Å². The molecule has 2 amide bonds. The van der Waals surface area contributed by atoms with Crippen molar-refractivity contribution in [1.29, 1.82) is 0 Å². The summed E-state index contributed by atoms with van der Waals surface area (Å²) in [5.74, 6) is -0.602. The molecule has 2 rings (SSSR count). The fourth-order valence-electron chi connectivity index (χ4n) is 2.24. The number of halogens is 1. The highest BCUT2D eigenvalue weighted by Gasteiger charge is 2.16. The van der Waals surface area contributed by atoms with Crippen molar-refractivity contribution in [2.45, 2.75) is 6.04 Å². The fraction of sp³-hybridized carbons (Fsp3) is 0.294. The topological polar surface area (TPSA) is 61.4 Å². The highest BCUT2D eigenvalue weighted by molar-refractivity contribution is 7.07. The van der Waals surface area contributed by atoms with Crippen molar-refractivity contribution in [1.82, 2.24) is 15.5 Å². The molecule has 1 aromatic carbocycles. The first kappa shape index (κ1) is 18.4. The van der Waals surface area contributed by atoms with E-state index in [1.807, 2.05) is 30.4 Å². The Balaban J connectivity index is 1.83. The molecule has 1 aromatic heterocycles. The molecule has 0 aliphatic heterocycles. The van der Waals surface area contributed by atoms with Gasteiger partial charge in [0.25, 0.3) is 5.91 Å². The Kier molecular flexibility index (Phi) is 6.78. The van der Waals surface area contributed by atoms with Crippen LogP contribution in [0.3, 0.4) is 0 Å². The van der Waals surface area contributed by atoms with Gasteiger partial charge in [-0.25, -0.2) is 0 Å². The maximum absolute atomic E-state index is 12.0. The summed E-state index contributed by atoms with van der Waals surface area (Å²) in [6, 6.07) is 8.87. The SMILES string of the molecule is CN(C)C(CNC(=O)CNC(=O)c1ccccc1Cl)c1ccsc1. The molecule has 128 valence electrons. The van der Waals surface area contributed by atoms with E-state index in [4.69, 9.17) is 11.6 Å². The van der Waals surface area contributed by atoms with Gasteiger partial charge in [-0.05, 0) is 48.6 Å². The van der Waals surface area contributed by atoms with Gasteiger partial charge in [0.1, 0.15) is 0 Å². The van der Waals surface area contributed by atoms with Gasteiger partial charge in [0.2, 0.25) is 5.91 Å². The molecule has 0 aliphatic carbocycles. The van der Waals surface area contributed by atoms with Crippen LogP contribution in [0.15, 0.2) is 41.1 Å². The number of nitrogens with zero attached hydrogens (tertiary/aromatic N) is 1. The van der Waals surface area contributed by atoms with Crippen LogP contribution in [0.4, 0.5) is 0 Å². The minimum Gasteiger partial charge on any atom is -0.353 e. The van der Waals surface area contributed by atoms with Crippen molar-refractivity contribution in [3.8, 4) is 0 Å². The van der Waals surface area contributed by atoms with Gasteiger partial charge < -0.3 is 15.5 Å². The van der Waals surface area contributed by atoms with Crippen LogP contribution in [0.1, 0.15) is 22.0 Å². The number of amides is 2. The monoisotopic (exact) mass is 365 g/mol. The first-order valence-corrected chi connectivity index (χ1v) is 8.79. The number of hydrogen-bond donors (Lipinski definition) is 2. The Morgan fingerprint density at radius 2 is 1.96 bits per heavy atom. The summed E-state index contributed by atoms with van der Waals surface area (Å²) in [7, 11) is 3.93. The molecule has 0 bridgehead atoms. The summed E-state index contributed by atoms with van der Waals surface area (Å²) in [6.45, 7) is 0.387. The first-order valence-electron chi connectivity index (χ1n) is 7.47. The van der Waals surface area contributed by atoms with E-state index in [0.717, 1.165) is 5.56 Å². The van der Waals surface area contributed by atoms with E-state index in [1.54, 1.807) is 35.6 Å². The van der Waals surface area contributed by atoms with E-state index < -0.39 is 0 Å². The zero-order valence-corrected chi connectivity index (χ0v) is 15.2. The third-order valence-electron chi connectivity index (χ3n) is 3.57. The Morgan fingerprint density at radius 1 is 1.21 bits per heavy atom. The van der Waals surface area contributed by atoms with Crippen LogP contribution in [-0.4, -0.2) is 43.9 Å². The van der Waals surface area contributed by atoms with Gasteiger partial charge in [0.05, 0.1) is 23.2 Å². The zero-order valence-electron chi connectivity index (χ0n) is 13.6. The van der Waals surface area contributed by atoms with Crippen LogP contribution in [0.5, 0.6) is 0 Å². The Labute approximate surface area is 150 Å². The number of likely N-dealkylation sites (N-methyl/N-ethyl adjacent to an activating group) is 1. The summed E-state index contributed by atoms with van der Waals surface area (Å²) < 4.78 is 0. The smallest absolute Gasteiger partial charge is 0.253 e. The molecule has 0 aliphatic rings. The molecule has 0 spiro atoms. The van der Waals surface area contributed by atoms with Crippen LogP contribution >= 0.6 is 22.9 Å². The molecule has 0 saturated heterocycles. The number of hydrogen-bond acceptors (Lipinski definition) is 4. The standard InChI is InChI=1S/C17H20ClN3O2S/c1-21(2)15(12-7-8-24-11-12)9-19-16(22)10-20-17(23)13-5-3-4-6-14(13)18/h3-8,11,15H,9-10H2,1-2H3,(H,19,22)(H,20,23). The first-order chi connectivity index (χ1) is 11.5. The van der Waals surface area contributed by atoms with Crippen molar-refractivity contribution in [3.05, 3.63) is 57.2 Å². The van der Waals surface area contributed by atoms with Crippen molar-refractivity contribution < 1.29 is 9.59 Å².